The topological polar surface area (TPSA) is 59.2 Å². The summed E-state index contributed by atoms with van der Waals surface area (Å²) in [7, 11) is 0. The molecule has 0 saturated carbocycles. The third-order valence-corrected chi connectivity index (χ3v) is 5.82. The standard InChI is InChI=1S/C14H17N3OS2/c1-9-12(14(18)17-6-2-4-10(17)8-15)20-13(16-9)11-5-3-7-19-11/h3,5,7,10H,2,4,6,8,15H2,1H3. The maximum atomic E-state index is 12.7. The van der Waals surface area contributed by atoms with E-state index in [2.05, 4.69) is 4.98 Å². The minimum absolute atomic E-state index is 0.0933. The highest BCUT2D eigenvalue weighted by Gasteiger charge is 2.30. The third-order valence-electron chi connectivity index (χ3n) is 3.63. The predicted octanol–water partition coefficient (Wildman–Crippen LogP) is 2.74. The van der Waals surface area contributed by atoms with Crippen molar-refractivity contribution in [3.05, 3.63) is 28.1 Å². The number of amides is 1. The van der Waals surface area contributed by atoms with Gasteiger partial charge in [-0.3, -0.25) is 4.79 Å². The lowest BCUT2D eigenvalue weighted by atomic mass is 10.2. The molecule has 0 spiro atoms. The molecule has 0 aromatic carbocycles. The zero-order valence-corrected chi connectivity index (χ0v) is 13.0. The quantitative estimate of drug-likeness (QED) is 0.948. The molecule has 1 unspecified atom stereocenters. The van der Waals surface area contributed by atoms with Crippen molar-refractivity contribution in [1.29, 1.82) is 0 Å². The lowest BCUT2D eigenvalue weighted by Crippen LogP contribution is -2.39. The summed E-state index contributed by atoms with van der Waals surface area (Å²) in [4.78, 5) is 21.0. The SMILES string of the molecule is Cc1nc(-c2cccs2)sc1C(=O)N1CCCC1CN. The number of aryl methyl sites for hydroxylation is 1. The van der Waals surface area contributed by atoms with Crippen LogP contribution in [0.3, 0.4) is 0 Å². The van der Waals surface area contributed by atoms with E-state index in [0.29, 0.717) is 6.54 Å². The Kier molecular flexibility index (Phi) is 3.87. The second-order valence-corrected chi connectivity index (χ2v) is 6.89. The summed E-state index contributed by atoms with van der Waals surface area (Å²) in [6, 6.07) is 4.23. The first-order chi connectivity index (χ1) is 9.70. The smallest absolute Gasteiger partial charge is 0.266 e. The number of hydrogen-bond donors (Lipinski definition) is 1. The lowest BCUT2D eigenvalue weighted by molar-refractivity contribution is 0.0745. The molecule has 1 saturated heterocycles. The Balaban J connectivity index is 1.89. The molecule has 1 fully saturated rings. The van der Waals surface area contributed by atoms with Crippen LogP contribution in [0.15, 0.2) is 17.5 Å². The Morgan fingerprint density at radius 1 is 1.60 bits per heavy atom. The number of likely N-dealkylation sites (tertiary alicyclic amines) is 1. The van der Waals surface area contributed by atoms with Crippen molar-refractivity contribution in [2.45, 2.75) is 25.8 Å². The van der Waals surface area contributed by atoms with Crippen LogP contribution in [0.5, 0.6) is 0 Å². The largest absolute Gasteiger partial charge is 0.334 e. The normalized spacial score (nSPS) is 18.7. The van der Waals surface area contributed by atoms with Crippen molar-refractivity contribution in [3.8, 4) is 9.88 Å². The van der Waals surface area contributed by atoms with Gasteiger partial charge in [0.05, 0.1) is 10.6 Å². The van der Waals surface area contributed by atoms with Crippen LogP contribution in [-0.4, -0.2) is 34.9 Å². The first-order valence-corrected chi connectivity index (χ1v) is 8.42. The molecular weight excluding hydrogens is 290 g/mol. The van der Waals surface area contributed by atoms with Crippen LogP contribution in [0.1, 0.15) is 28.2 Å². The van der Waals surface area contributed by atoms with Gasteiger partial charge in [-0.25, -0.2) is 4.98 Å². The van der Waals surface area contributed by atoms with Gasteiger partial charge in [-0.05, 0) is 31.2 Å². The summed E-state index contributed by atoms with van der Waals surface area (Å²) in [5.41, 5.74) is 6.58. The van der Waals surface area contributed by atoms with E-state index in [1.54, 1.807) is 11.3 Å². The van der Waals surface area contributed by atoms with Gasteiger partial charge in [-0.2, -0.15) is 0 Å². The van der Waals surface area contributed by atoms with Gasteiger partial charge in [0.1, 0.15) is 9.88 Å². The number of thiophene rings is 1. The molecule has 2 aromatic heterocycles. The number of thiazole rings is 1. The molecule has 1 atom stereocenters. The molecule has 6 heteroatoms. The first kappa shape index (κ1) is 13.7. The molecule has 106 valence electrons. The van der Waals surface area contributed by atoms with E-state index in [0.717, 1.165) is 39.8 Å². The number of nitrogens with two attached hydrogens (primary N) is 1. The first-order valence-electron chi connectivity index (χ1n) is 6.73. The third kappa shape index (κ3) is 2.39. The minimum atomic E-state index is 0.0933. The van der Waals surface area contributed by atoms with E-state index in [-0.39, 0.29) is 11.9 Å². The Bertz CT molecular complexity index is 606. The molecule has 2 N–H and O–H groups in total. The van der Waals surface area contributed by atoms with Gasteiger partial charge in [0.15, 0.2) is 0 Å². The highest BCUT2D eigenvalue weighted by molar-refractivity contribution is 7.22. The number of nitrogens with zero attached hydrogens (tertiary/aromatic N) is 2. The number of hydrogen-bond acceptors (Lipinski definition) is 5. The van der Waals surface area contributed by atoms with Crippen LogP contribution in [0.4, 0.5) is 0 Å². The molecule has 0 radical (unpaired) electrons. The van der Waals surface area contributed by atoms with Gasteiger partial charge in [-0.1, -0.05) is 6.07 Å². The maximum absolute atomic E-state index is 12.7. The van der Waals surface area contributed by atoms with Crippen LogP contribution in [0.2, 0.25) is 0 Å². The van der Waals surface area contributed by atoms with E-state index >= 15 is 0 Å². The van der Waals surface area contributed by atoms with Crippen molar-refractivity contribution in [2.75, 3.05) is 13.1 Å². The molecule has 4 nitrogen and oxygen atoms in total. The van der Waals surface area contributed by atoms with E-state index in [1.807, 2.05) is 29.3 Å². The highest BCUT2D eigenvalue weighted by atomic mass is 32.1. The summed E-state index contributed by atoms with van der Waals surface area (Å²) < 4.78 is 0. The second-order valence-electron chi connectivity index (χ2n) is 4.94. The Morgan fingerprint density at radius 2 is 2.45 bits per heavy atom. The molecule has 1 aliphatic rings. The molecule has 1 aliphatic heterocycles. The summed E-state index contributed by atoms with van der Waals surface area (Å²) in [6.45, 7) is 3.27. The zero-order valence-electron chi connectivity index (χ0n) is 11.3. The molecule has 1 amide bonds. The van der Waals surface area contributed by atoms with E-state index in [4.69, 9.17) is 5.73 Å². The monoisotopic (exact) mass is 307 g/mol. The lowest BCUT2D eigenvalue weighted by Gasteiger charge is -2.22. The molecule has 0 aliphatic carbocycles. The van der Waals surface area contributed by atoms with Crippen molar-refractivity contribution in [1.82, 2.24) is 9.88 Å². The number of rotatable bonds is 3. The van der Waals surface area contributed by atoms with E-state index < -0.39 is 0 Å². The van der Waals surface area contributed by atoms with Crippen LogP contribution >= 0.6 is 22.7 Å². The van der Waals surface area contributed by atoms with Gasteiger partial charge in [0.25, 0.3) is 5.91 Å². The van der Waals surface area contributed by atoms with Crippen molar-refractivity contribution < 1.29 is 4.79 Å². The fourth-order valence-corrected chi connectivity index (χ4v) is 4.40. The number of carbonyl (C=O) groups is 1. The average Bonchev–Trinajstić information content (AvgIpc) is 3.17. The second kappa shape index (κ2) is 5.63. The Labute approximate surface area is 126 Å². The van der Waals surface area contributed by atoms with Crippen molar-refractivity contribution in [3.63, 3.8) is 0 Å². The van der Waals surface area contributed by atoms with Crippen LogP contribution in [0.25, 0.3) is 9.88 Å². The Morgan fingerprint density at radius 3 is 3.15 bits per heavy atom. The van der Waals surface area contributed by atoms with Gasteiger partial charge < -0.3 is 10.6 Å². The van der Waals surface area contributed by atoms with Crippen molar-refractivity contribution in [2.24, 2.45) is 5.73 Å². The fourth-order valence-electron chi connectivity index (χ4n) is 2.58. The number of aromatic nitrogens is 1. The maximum Gasteiger partial charge on any atom is 0.266 e. The van der Waals surface area contributed by atoms with Crippen LogP contribution in [-0.2, 0) is 0 Å². The van der Waals surface area contributed by atoms with Crippen molar-refractivity contribution >= 4 is 28.6 Å². The van der Waals surface area contributed by atoms with Gasteiger partial charge in [0.2, 0.25) is 0 Å². The predicted molar refractivity (Wildman–Crippen MR) is 83.3 cm³/mol. The highest BCUT2D eigenvalue weighted by Crippen LogP contribution is 2.32. The fraction of sp³-hybridized carbons (Fsp3) is 0.429. The average molecular weight is 307 g/mol. The van der Waals surface area contributed by atoms with Crippen LogP contribution < -0.4 is 5.73 Å². The molecular formula is C14H17N3OS2. The summed E-state index contributed by atoms with van der Waals surface area (Å²) in [5, 5.41) is 2.96. The zero-order chi connectivity index (χ0) is 14.1. The summed E-state index contributed by atoms with van der Waals surface area (Å²) in [6.07, 6.45) is 2.06. The molecule has 3 rings (SSSR count). The Hall–Kier alpha value is -1.24. The van der Waals surface area contributed by atoms with Gasteiger partial charge in [0, 0.05) is 19.1 Å². The molecule has 3 heterocycles. The minimum Gasteiger partial charge on any atom is -0.334 e. The van der Waals surface area contributed by atoms with E-state index in [9.17, 15) is 4.79 Å². The molecule has 0 bridgehead atoms. The number of carbonyl (C=O) groups excluding carboxylic acids is 1. The van der Waals surface area contributed by atoms with E-state index in [1.165, 1.54) is 11.3 Å². The molecule has 2 aromatic rings. The summed E-state index contributed by atoms with van der Waals surface area (Å²) >= 11 is 3.14. The van der Waals surface area contributed by atoms with Gasteiger partial charge in [-0.15, -0.1) is 22.7 Å². The summed E-state index contributed by atoms with van der Waals surface area (Å²) in [5.74, 6) is 0.0933. The van der Waals surface area contributed by atoms with Crippen LogP contribution in [0, 0.1) is 6.92 Å². The molecule has 20 heavy (non-hydrogen) atoms. The van der Waals surface area contributed by atoms with Gasteiger partial charge >= 0.3 is 0 Å².